The van der Waals surface area contributed by atoms with E-state index in [9.17, 15) is 9.59 Å². The molecule has 2 aromatic carbocycles. The molecule has 1 aromatic heterocycles. The van der Waals surface area contributed by atoms with Gasteiger partial charge in [-0.3, -0.25) is 9.36 Å². The molecule has 40 heavy (non-hydrogen) atoms. The van der Waals surface area contributed by atoms with Crippen LogP contribution in [0.1, 0.15) is 51.8 Å². The second-order valence-electron chi connectivity index (χ2n) is 9.13. The monoisotopic (exact) mass is 648 g/mol. The van der Waals surface area contributed by atoms with E-state index in [1.807, 2.05) is 32.9 Å². The van der Waals surface area contributed by atoms with Gasteiger partial charge >= 0.3 is 5.97 Å². The van der Waals surface area contributed by atoms with Crippen LogP contribution >= 0.6 is 38.9 Å². The van der Waals surface area contributed by atoms with E-state index in [2.05, 4.69) is 20.9 Å². The number of carbonyl (C=O) groups is 1. The molecule has 1 aliphatic rings. The number of fused-ring (bicyclic) bond motifs is 1. The summed E-state index contributed by atoms with van der Waals surface area (Å²) in [5.41, 5.74) is 1.83. The van der Waals surface area contributed by atoms with Crippen LogP contribution in [0.3, 0.4) is 0 Å². The van der Waals surface area contributed by atoms with Gasteiger partial charge in [0.1, 0.15) is 0 Å². The Bertz CT molecular complexity index is 1640. The lowest BCUT2D eigenvalue weighted by Crippen LogP contribution is -2.40. The summed E-state index contributed by atoms with van der Waals surface area (Å²) in [6.07, 6.45) is 1.68. The molecular formula is C29H30BrClN2O6S. The van der Waals surface area contributed by atoms with E-state index < -0.39 is 12.0 Å². The van der Waals surface area contributed by atoms with E-state index in [-0.39, 0.29) is 23.8 Å². The van der Waals surface area contributed by atoms with E-state index in [0.717, 1.165) is 0 Å². The lowest BCUT2D eigenvalue weighted by molar-refractivity contribution is -0.139. The van der Waals surface area contributed by atoms with Crippen LogP contribution in [0.2, 0.25) is 5.02 Å². The number of hydrogen-bond donors (Lipinski definition) is 0. The average molecular weight is 650 g/mol. The van der Waals surface area contributed by atoms with Crippen LogP contribution < -0.4 is 29.1 Å². The Morgan fingerprint density at radius 1 is 1.20 bits per heavy atom. The van der Waals surface area contributed by atoms with Crippen LogP contribution in [0, 0.1) is 0 Å². The SMILES string of the molecule is CCOC(=O)C1=C(C)N=c2s/c(=C\c3cc(Cl)c(OCC)c(Br)c3)c(=O)n2[C@H]1c1ccc(OC(C)C)c(OC)c1. The summed E-state index contributed by atoms with van der Waals surface area (Å²) in [4.78, 5) is 32.2. The summed E-state index contributed by atoms with van der Waals surface area (Å²) >= 11 is 11.2. The fourth-order valence-electron chi connectivity index (χ4n) is 4.41. The molecule has 0 spiro atoms. The second-order valence-corrected chi connectivity index (χ2v) is 11.4. The molecule has 0 bridgehead atoms. The molecule has 0 saturated heterocycles. The van der Waals surface area contributed by atoms with Crippen molar-refractivity contribution in [3.63, 3.8) is 0 Å². The fraction of sp³-hybridized carbons (Fsp3) is 0.345. The van der Waals surface area contributed by atoms with Crippen LogP contribution in [-0.2, 0) is 9.53 Å². The van der Waals surface area contributed by atoms with Crippen LogP contribution in [0.15, 0.2) is 55.9 Å². The summed E-state index contributed by atoms with van der Waals surface area (Å²) in [6.45, 7) is 9.85. The number of allylic oxidation sites excluding steroid dienone is 1. The van der Waals surface area contributed by atoms with Crippen LogP contribution in [0.4, 0.5) is 0 Å². The Labute approximate surface area is 249 Å². The van der Waals surface area contributed by atoms with Gasteiger partial charge in [-0.2, -0.15) is 0 Å². The minimum Gasteiger partial charge on any atom is -0.493 e. The van der Waals surface area contributed by atoms with Gasteiger partial charge in [0.05, 0.1) is 57.8 Å². The third-order valence-electron chi connectivity index (χ3n) is 5.99. The number of nitrogens with zero attached hydrogens (tertiary/aromatic N) is 2. The van der Waals surface area contributed by atoms with Crippen molar-refractivity contribution in [2.24, 2.45) is 4.99 Å². The lowest BCUT2D eigenvalue weighted by atomic mass is 9.95. The maximum atomic E-state index is 13.9. The van der Waals surface area contributed by atoms with E-state index in [1.165, 1.54) is 15.9 Å². The van der Waals surface area contributed by atoms with E-state index in [0.29, 0.717) is 59.5 Å². The van der Waals surface area contributed by atoms with E-state index in [4.69, 9.17) is 30.5 Å². The largest absolute Gasteiger partial charge is 0.493 e. The molecule has 0 saturated carbocycles. The van der Waals surface area contributed by atoms with Gasteiger partial charge in [-0.05, 0) is 92.0 Å². The highest BCUT2D eigenvalue weighted by atomic mass is 79.9. The molecule has 0 radical (unpaired) electrons. The van der Waals surface area contributed by atoms with Crippen molar-refractivity contribution in [3.8, 4) is 17.2 Å². The number of methoxy groups -OCH3 is 1. The Balaban J connectivity index is 1.93. The number of esters is 1. The summed E-state index contributed by atoms with van der Waals surface area (Å²) in [7, 11) is 1.55. The Hall–Kier alpha value is -3.08. The molecule has 1 aliphatic heterocycles. The zero-order valence-corrected chi connectivity index (χ0v) is 26.2. The first kappa shape index (κ1) is 29.9. The molecule has 0 fully saturated rings. The third kappa shape index (κ3) is 5.99. The maximum absolute atomic E-state index is 13.9. The molecular weight excluding hydrogens is 620 g/mol. The third-order valence-corrected chi connectivity index (χ3v) is 7.84. The molecule has 0 aliphatic carbocycles. The zero-order valence-electron chi connectivity index (χ0n) is 23.0. The number of aromatic nitrogens is 1. The van der Waals surface area contributed by atoms with Crippen molar-refractivity contribution in [3.05, 3.63) is 81.9 Å². The number of hydrogen-bond acceptors (Lipinski definition) is 8. The molecule has 0 N–H and O–H groups in total. The molecule has 1 atom stereocenters. The first-order chi connectivity index (χ1) is 19.1. The Morgan fingerprint density at radius 2 is 1.95 bits per heavy atom. The topological polar surface area (TPSA) is 88.4 Å². The second kappa shape index (κ2) is 12.6. The van der Waals surface area contributed by atoms with Crippen molar-refractivity contribution >= 4 is 50.9 Å². The van der Waals surface area contributed by atoms with Crippen LogP contribution in [0.25, 0.3) is 6.08 Å². The standard InChI is InChI=1S/C29H30BrClN2O6S/c1-7-37-26-19(30)11-17(12-20(26)31)13-23-27(34)33-25(18-9-10-21(39-15(3)4)22(14-18)36-6)24(28(35)38-8-2)16(5)32-29(33)40-23/h9-15,25H,7-8H2,1-6H3/b23-13-/t25-/m0/s1. The highest BCUT2D eigenvalue weighted by Crippen LogP contribution is 2.37. The Morgan fingerprint density at radius 3 is 2.58 bits per heavy atom. The molecule has 11 heteroatoms. The van der Waals surface area contributed by atoms with Crippen molar-refractivity contribution in [1.29, 1.82) is 0 Å². The van der Waals surface area contributed by atoms with Gasteiger partial charge in [-0.25, -0.2) is 9.79 Å². The van der Waals surface area contributed by atoms with Gasteiger partial charge in [-0.15, -0.1) is 0 Å². The summed E-state index contributed by atoms with van der Waals surface area (Å²) in [6, 6.07) is 8.17. The van der Waals surface area contributed by atoms with Gasteiger partial charge in [0.15, 0.2) is 22.0 Å². The van der Waals surface area contributed by atoms with Crippen LogP contribution in [0.5, 0.6) is 17.2 Å². The number of carbonyl (C=O) groups excluding carboxylic acids is 1. The molecule has 212 valence electrons. The number of benzene rings is 2. The van der Waals surface area contributed by atoms with E-state index in [1.54, 1.807) is 45.2 Å². The molecule has 4 rings (SSSR count). The molecule has 2 heterocycles. The van der Waals surface area contributed by atoms with Gasteiger partial charge in [0.25, 0.3) is 5.56 Å². The number of ether oxygens (including phenoxy) is 4. The predicted octanol–water partition coefficient (Wildman–Crippen LogP) is 5.41. The molecule has 0 unspecified atom stereocenters. The number of thiazole rings is 1. The lowest BCUT2D eigenvalue weighted by Gasteiger charge is -2.25. The smallest absolute Gasteiger partial charge is 0.338 e. The van der Waals surface area contributed by atoms with Gasteiger partial charge < -0.3 is 18.9 Å². The molecule has 0 amide bonds. The fourth-order valence-corrected chi connectivity index (χ4v) is 6.44. The minimum atomic E-state index is -0.782. The van der Waals surface area contributed by atoms with Crippen molar-refractivity contribution in [1.82, 2.24) is 4.57 Å². The maximum Gasteiger partial charge on any atom is 0.338 e. The number of halogens is 2. The zero-order chi connectivity index (χ0) is 29.1. The van der Waals surface area contributed by atoms with Gasteiger partial charge in [0, 0.05) is 0 Å². The summed E-state index contributed by atoms with van der Waals surface area (Å²) in [5.74, 6) is 1.05. The summed E-state index contributed by atoms with van der Waals surface area (Å²) < 4.78 is 25.1. The highest BCUT2D eigenvalue weighted by molar-refractivity contribution is 9.10. The van der Waals surface area contributed by atoms with Gasteiger partial charge in [-0.1, -0.05) is 29.0 Å². The van der Waals surface area contributed by atoms with E-state index >= 15 is 0 Å². The predicted molar refractivity (Wildman–Crippen MR) is 159 cm³/mol. The van der Waals surface area contributed by atoms with Crippen molar-refractivity contribution in [2.45, 2.75) is 46.8 Å². The minimum absolute atomic E-state index is 0.0641. The quantitative estimate of drug-likeness (QED) is 0.288. The average Bonchev–Trinajstić information content (AvgIpc) is 3.19. The Kier molecular flexibility index (Phi) is 9.43. The van der Waals surface area contributed by atoms with Crippen molar-refractivity contribution < 1.29 is 23.7 Å². The van der Waals surface area contributed by atoms with Crippen molar-refractivity contribution in [2.75, 3.05) is 20.3 Å². The number of rotatable bonds is 9. The van der Waals surface area contributed by atoms with Gasteiger partial charge in [0.2, 0.25) is 0 Å². The molecule has 8 nitrogen and oxygen atoms in total. The normalized spacial score (nSPS) is 15.1. The first-order valence-electron chi connectivity index (χ1n) is 12.8. The molecule has 3 aromatic rings. The van der Waals surface area contributed by atoms with Crippen LogP contribution in [-0.4, -0.2) is 37.0 Å². The first-order valence-corrected chi connectivity index (χ1v) is 14.7. The highest BCUT2D eigenvalue weighted by Gasteiger charge is 2.34. The summed E-state index contributed by atoms with van der Waals surface area (Å²) in [5, 5.41) is 0.421.